The maximum absolute atomic E-state index is 12.1. The van der Waals surface area contributed by atoms with Crippen LogP contribution >= 0.6 is 11.6 Å². The Kier molecular flexibility index (Phi) is 4.57. The third kappa shape index (κ3) is 3.81. The average molecular weight is 305 g/mol. The van der Waals surface area contributed by atoms with E-state index in [0.717, 1.165) is 0 Å². The Bertz CT molecular complexity index is 674. The molecule has 0 aliphatic heterocycles. The molecule has 0 spiro atoms. The monoisotopic (exact) mass is 304 g/mol. The molecule has 0 aliphatic carbocycles. The molecular formula is C15H13ClN2O3. The molecule has 0 fully saturated rings. The summed E-state index contributed by atoms with van der Waals surface area (Å²) in [5.74, 6) is -1.57. The van der Waals surface area contributed by atoms with Crippen molar-refractivity contribution >= 4 is 29.2 Å². The van der Waals surface area contributed by atoms with E-state index in [0.29, 0.717) is 5.56 Å². The number of rotatable bonds is 4. The zero-order valence-electron chi connectivity index (χ0n) is 10.9. The highest BCUT2D eigenvalue weighted by Crippen LogP contribution is 2.20. The van der Waals surface area contributed by atoms with Gasteiger partial charge in [0, 0.05) is 10.7 Å². The third-order valence-electron chi connectivity index (χ3n) is 2.85. The number of carboxylic acids is 1. The molecule has 0 bridgehead atoms. The number of anilines is 1. The van der Waals surface area contributed by atoms with E-state index in [1.54, 1.807) is 24.3 Å². The highest BCUT2D eigenvalue weighted by atomic mass is 35.5. The average Bonchev–Trinajstić information content (AvgIpc) is 2.46. The van der Waals surface area contributed by atoms with E-state index < -0.39 is 17.9 Å². The molecule has 1 amide bonds. The molecule has 0 heterocycles. The van der Waals surface area contributed by atoms with Gasteiger partial charge in [-0.3, -0.25) is 4.79 Å². The van der Waals surface area contributed by atoms with Crippen LogP contribution in [0, 0.1) is 0 Å². The van der Waals surface area contributed by atoms with Crippen LogP contribution in [0.3, 0.4) is 0 Å². The number of aromatic carboxylic acids is 1. The Labute approximate surface area is 126 Å². The van der Waals surface area contributed by atoms with Crippen molar-refractivity contribution < 1.29 is 14.7 Å². The summed E-state index contributed by atoms with van der Waals surface area (Å²) in [6.45, 7) is 0. The zero-order valence-corrected chi connectivity index (χ0v) is 11.7. The fourth-order valence-corrected chi connectivity index (χ4v) is 2.05. The van der Waals surface area contributed by atoms with Crippen LogP contribution in [-0.4, -0.2) is 17.0 Å². The topological polar surface area (TPSA) is 92.4 Å². The number of carbonyl (C=O) groups is 2. The molecule has 0 unspecified atom stereocenters. The number of nitrogens with one attached hydrogen (secondary N) is 1. The lowest BCUT2D eigenvalue weighted by Crippen LogP contribution is -2.27. The second kappa shape index (κ2) is 6.39. The Morgan fingerprint density at radius 1 is 1.14 bits per heavy atom. The van der Waals surface area contributed by atoms with Gasteiger partial charge in [-0.25, -0.2) is 4.79 Å². The van der Waals surface area contributed by atoms with Gasteiger partial charge in [-0.2, -0.15) is 0 Å². The Hall–Kier alpha value is -2.37. The van der Waals surface area contributed by atoms with Gasteiger partial charge in [0.2, 0.25) is 5.91 Å². The molecule has 0 aromatic heterocycles. The predicted octanol–water partition coefficient (Wildman–Crippen LogP) is 2.68. The van der Waals surface area contributed by atoms with E-state index in [-0.39, 0.29) is 16.3 Å². The molecule has 5 nitrogen and oxygen atoms in total. The zero-order chi connectivity index (χ0) is 15.4. The van der Waals surface area contributed by atoms with Crippen LogP contribution in [0.2, 0.25) is 5.02 Å². The minimum Gasteiger partial charge on any atom is -0.478 e. The molecule has 1 atom stereocenters. The van der Waals surface area contributed by atoms with E-state index in [4.69, 9.17) is 22.4 Å². The number of amides is 1. The molecule has 0 saturated heterocycles. The summed E-state index contributed by atoms with van der Waals surface area (Å²) in [6.07, 6.45) is 0. The summed E-state index contributed by atoms with van der Waals surface area (Å²) in [6, 6.07) is 12.1. The number of halogens is 1. The van der Waals surface area contributed by atoms with Gasteiger partial charge >= 0.3 is 5.97 Å². The van der Waals surface area contributed by atoms with Gasteiger partial charge < -0.3 is 16.2 Å². The van der Waals surface area contributed by atoms with Crippen molar-refractivity contribution in [2.75, 3.05) is 5.32 Å². The molecule has 4 N–H and O–H groups in total. The molecule has 0 radical (unpaired) electrons. The lowest BCUT2D eigenvalue weighted by Gasteiger charge is -2.13. The summed E-state index contributed by atoms with van der Waals surface area (Å²) in [5, 5.41) is 11.7. The second-order valence-electron chi connectivity index (χ2n) is 4.41. The van der Waals surface area contributed by atoms with Crippen molar-refractivity contribution in [2.24, 2.45) is 5.73 Å². The second-order valence-corrected chi connectivity index (χ2v) is 4.85. The van der Waals surface area contributed by atoms with Gasteiger partial charge in [0.05, 0.1) is 5.56 Å². The van der Waals surface area contributed by atoms with Gasteiger partial charge in [-0.15, -0.1) is 0 Å². The first-order valence-corrected chi connectivity index (χ1v) is 6.50. The van der Waals surface area contributed by atoms with E-state index in [9.17, 15) is 9.59 Å². The molecule has 108 valence electrons. The molecule has 0 aliphatic rings. The lowest BCUT2D eigenvalue weighted by atomic mass is 10.1. The summed E-state index contributed by atoms with van der Waals surface area (Å²) in [7, 11) is 0. The van der Waals surface area contributed by atoms with Gasteiger partial charge in [0.25, 0.3) is 0 Å². The number of carboxylic acid groups (broad SMARTS) is 1. The van der Waals surface area contributed by atoms with E-state index >= 15 is 0 Å². The van der Waals surface area contributed by atoms with E-state index in [1.807, 2.05) is 6.07 Å². The number of nitrogens with two attached hydrogens (primary N) is 1. The van der Waals surface area contributed by atoms with Crippen LogP contribution in [0.4, 0.5) is 5.69 Å². The quantitative estimate of drug-likeness (QED) is 0.809. The lowest BCUT2D eigenvalue weighted by molar-refractivity contribution is -0.117. The summed E-state index contributed by atoms with van der Waals surface area (Å²) >= 11 is 5.83. The molecule has 21 heavy (non-hydrogen) atoms. The van der Waals surface area contributed by atoms with Gasteiger partial charge in [0.15, 0.2) is 0 Å². The van der Waals surface area contributed by atoms with Crippen molar-refractivity contribution in [1.29, 1.82) is 0 Å². The normalized spacial score (nSPS) is 11.7. The molecule has 0 saturated carbocycles. The first kappa shape index (κ1) is 15.0. The smallest absolute Gasteiger partial charge is 0.335 e. The van der Waals surface area contributed by atoms with E-state index in [2.05, 4.69) is 5.32 Å². The largest absolute Gasteiger partial charge is 0.478 e. The Morgan fingerprint density at radius 2 is 1.81 bits per heavy atom. The van der Waals surface area contributed by atoms with Crippen LogP contribution in [0.5, 0.6) is 0 Å². The van der Waals surface area contributed by atoms with Gasteiger partial charge in [-0.05, 0) is 23.8 Å². The van der Waals surface area contributed by atoms with Crippen molar-refractivity contribution in [2.45, 2.75) is 6.04 Å². The molecule has 2 aromatic rings. The van der Waals surface area contributed by atoms with Crippen LogP contribution in [0.1, 0.15) is 22.0 Å². The van der Waals surface area contributed by atoms with Crippen molar-refractivity contribution in [1.82, 2.24) is 0 Å². The minimum absolute atomic E-state index is 0.00826. The summed E-state index contributed by atoms with van der Waals surface area (Å²) in [4.78, 5) is 23.0. The summed E-state index contributed by atoms with van der Waals surface area (Å²) < 4.78 is 0. The third-order valence-corrected chi connectivity index (χ3v) is 3.07. The fourth-order valence-electron chi connectivity index (χ4n) is 1.82. The van der Waals surface area contributed by atoms with Crippen molar-refractivity contribution in [3.8, 4) is 0 Å². The number of benzene rings is 2. The van der Waals surface area contributed by atoms with Crippen LogP contribution < -0.4 is 11.1 Å². The van der Waals surface area contributed by atoms with Crippen LogP contribution in [0.25, 0.3) is 0 Å². The molecule has 2 aromatic carbocycles. The molecular weight excluding hydrogens is 292 g/mol. The first-order chi connectivity index (χ1) is 9.97. The Morgan fingerprint density at radius 3 is 2.43 bits per heavy atom. The standard InChI is InChI=1S/C15H13ClN2O3/c16-11-6-10(15(20)21)7-12(8-11)18-14(19)13(17)9-4-2-1-3-5-9/h1-8,13H,17H2,(H,18,19)(H,20,21)/t13-/m1/s1. The highest BCUT2D eigenvalue weighted by Gasteiger charge is 2.16. The molecule has 6 heteroatoms. The Balaban J connectivity index is 2.18. The van der Waals surface area contributed by atoms with Crippen LogP contribution in [0.15, 0.2) is 48.5 Å². The minimum atomic E-state index is -1.12. The fraction of sp³-hybridized carbons (Fsp3) is 0.0667. The SMILES string of the molecule is N[C@@H](C(=O)Nc1cc(Cl)cc(C(=O)O)c1)c1ccccc1. The van der Waals surface area contributed by atoms with Crippen LogP contribution in [-0.2, 0) is 4.79 Å². The van der Waals surface area contributed by atoms with Gasteiger partial charge in [-0.1, -0.05) is 41.9 Å². The predicted molar refractivity (Wildman–Crippen MR) is 80.4 cm³/mol. The summed E-state index contributed by atoms with van der Waals surface area (Å²) in [5.41, 5.74) is 6.80. The molecule has 2 rings (SSSR count). The van der Waals surface area contributed by atoms with Gasteiger partial charge in [0.1, 0.15) is 6.04 Å². The maximum Gasteiger partial charge on any atom is 0.335 e. The first-order valence-electron chi connectivity index (χ1n) is 6.12. The van der Waals surface area contributed by atoms with Crippen molar-refractivity contribution in [3.63, 3.8) is 0 Å². The maximum atomic E-state index is 12.1. The number of hydrogen-bond donors (Lipinski definition) is 3. The van der Waals surface area contributed by atoms with E-state index in [1.165, 1.54) is 18.2 Å². The van der Waals surface area contributed by atoms with Crippen molar-refractivity contribution in [3.05, 3.63) is 64.7 Å². The number of carbonyl (C=O) groups excluding carboxylic acids is 1. The highest BCUT2D eigenvalue weighted by molar-refractivity contribution is 6.31. The number of hydrogen-bond acceptors (Lipinski definition) is 3.